The summed E-state index contributed by atoms with van der Waals surface area (Å²) in [7, 11) is 0. The van der Waals surface area contributed by atoms with E-state index in [1.165, 1.54) is 17.7 Å². The molecule has 3 nitrogen and oxygen atoms in total. The highest BCUT2D eigenvalue weighted by atomic mass is 35.5. The third kappa shape index (κ3) is 3.88. The van der Waals surface area contributed by atoms with Gasteiger partial charge in [-0.05, 0) is 48.9 Å². The summed E-state index contributed by atoms with van der Waals surface area (Å²) in [6.45, 7) is 2.78. The van der Waals surface area contributed by atoms with E-state index in [-0.39, 0.29) is 12.1 Å². The lowest BCUT2D eigenvalue weighted by Gasteiger charge is -2.29. The lowest BCUT2D eigenvalue weighted by atomic mass is 10.1. The summed E-state index contributed by atoms with van der Waals surface area (Å²) < 4.78 is 0. The number of amides is 2. The predicted molar refractivity (Wildman–Crippen MR) is 97.4 cm³/mol. The molecule has 0 aliphatic carbocycles. The van der Waals surface area contributed by atoms with Crippen molar-refractivity contribution >= 4 is 34.7 Å². The first-order chi connectivity index (χ1) is 11.1. The first-order valence-corrected chi connectivity index (χ1v) is 9.28. The van der Waals surface area contributed by atoms with Crippen LogP contribution in [0.25, 0.3) is 0 Å². The highest BCUT2D eigenvalue weighted by molar-refractivity contribution is 7.10. The van der Waals surface area contributed by atoms with Crippen molar-refractivity contribution in [2.75, 3.05) is 11.9 Å². The molecule has 2 amide bonds. The van der Waals surface area contributed by atoms with Gasteiger partial charge in [-0.15, -0.1) is 11.3 Å². The average molecular weight is 349 g/mol. The second-order valence-corrected chi connectivity index (χ2v) is 7.38. The largest absolute Gasteiger partial charge is 0.322 e. The number of anilines is 1. The van der Waals surface area contributed by atoms with E-state index in [4.69, 9.17) is 11.6 Å². The van der Waals surface area contributed by atoms with Gasteiger partial charge in [0.25, 0.3) is 0 Å². The Morgan fingerprint density at radius 3 is 2.96 bits per heavy atom. The number of nitrogens with zero attached hydrogens (tertiary/aromatic N) is 1. The fourth-order valence-corrected chi connectivity index (χ4v) is 4.09. The second kappa shape index (κ2) is 7.37. The van der Waals surface area contributed by atoms with Crippen molar-refractivity contribution < 1.29 is 4.79 Å². The number of carbonyl (C=O) groups excluding carboxylic acids is 1. The Labute approximate surface area is 146 Å². The smallest absolute Gasteiger partial charge is 0.317 e. The Morgan fingerprint density at radius 2 is 2.17 bits per heavy atom. The fourth-order valence-electron chi connectivity index (χ4n) is 3.04. The van der Waals surface area contributed by atoms with E-state index in [1.807, 2.05) is 30.0 Å². The van der Waals surface area contributed by atoms with Crippen LogP contribution in [0.3, 0.4) is 0 Å². The molecule has 122 valence electrons. The van der Waals surface area contributed by atoms with Crippen LogP contribution in [0.2, 0.25) is 5.02 Å². The monoisotopic (exact) mass is 348 g/mol. The van der Waals surface area contributed by atoms with Crippen molar-refractivity contribution in [2.45, 2.75) is 38.6 Å². The van der Waals surface area contributed by atoms with Crippen LogP contribution < -0.4 is 5.32 Å². The van der Waals surface area contributed by atoms with Gasteiger partial charge < -0.3 is 10.2 Å². The summed E-state index contributed by atoms with van der Waals surface area (Å²) in [6.07, 6.45) is 4.44. The quantitative estimate of drug-likeness (QED) is 0.724. The zero-order valence-electron chi connectivity index (χ0n) is 13.2. The average Bonchev–Trinajstić information content (AvgIpc) is 2.95. The van der Waals surface area contributed by atoms with Crippen molar-refractivity contribution in [2.24, 2.45) is 0 Å². The molecule has 1 aromatic heterocycles. The standard InChI is InChI=1S/C18H21ClN2OS/c1-13-8-9-14(19)12-15(13)20-18(22)21-10-4-2-3-6-16(21)17-7-5-11-23-17/h5,7-9,11-12,16H,2-4,6,10H2,1H3,(H,20,22)/t16-/m1/s1. The minimum atomic E-state index is -0.0318. The van der Waals surface area contributed by atoms with Gasteiger partial charge in [-0.3, -0.25) is 0 Å². The van der Waals surface area contributed by atoms with Crippen LogP contribution in [0, 0.1) is 6.92 Å². The summed E-state index contributed by atoms with van der Waals surface area (Å²) in [5.41, 5.74) is 1.81. The van der Waals surface area contributed by atoms with E-state index < -0.39 is 0 Å². The molecule has 2 heterocycles. The Kier molecular flexibility index (Phi) is 5.23. The molecule has 1 N–H and O–H groups in total. The molecule has 0 radical (unpaired) electrons. The van der Waals surface area contributed by atoms with Crippen molar-refractivity contribution in [3.63, 3.8) is 0 Å². The molecule has 1 aromatic carbocycles. The van der Waals surface area contributed by atoms with E-state index in [9.17, 15) is 4.79 Å². The molecule has 1 fully saturated rings. The maximum Gasteiger partial charge on any atom is 0.322 e. The van der Waals surface area contributed by atoms with E-state index in [1.54, 1.807) is 11.3 Å². The van der Waals surface area contributed by atoms with E-state index in [2.05, 4.69) is 22.8 Å². The van der Waals surface area contributed by atoms with Crippen LogP contribution >= 0.6 is 22.9 Å². The highest BCUT2D eigenvalue weighted by Crippen LogP contribution is 2.33. The van der Waals surface area contributed by atoms with Crippen LogP contribution in [-0.4, -0.2) is 17.5 Å². The number of halogens is 1. The molecular weight excluding hydrogens is 328 g/mol. The number of aryl methyl sites for hydroxylation is 1. The summed E-state index contributed by atoms with van der Waals surface area (Å²) in [5, 5.41) is 5.76. The number of hydrogen-bond donors (Lipinski definition) is 1. The molecular formula is C18H21ClN2OS. The third-order valence-corrected chi connectivity index (χ3v) is 5.54. The Morgan fingerprint density at radius 1 is 1.30 bits per heavy atom. The number of urea groups is 1. The molecule has 0 bridgehead atoms. The molecule has 0 unspecified atom stereocenters. The van der Waals surface area contributed by atoms with Crippen LogP contribution in [0.4, 0.5) is 10.5 Å². The number of benzene rings is 1. The maximum absolute atomic E-state index is 12.9. The zero-order chi connectivity index (χ0) is 16.2. The molecule has 5 heteroatoms. The van der Waals surface area contributed by atoms with Gasteiger partial charge in [0.1, 0.15) is 0 Å². The maximum atomic E-state index is 12.9. The Balaban J connectivity index is 1.81. The zero-order valence-corrected chi connectivity index (χ0v) is 14.8. The molecule has 0 saturated carbocycles. The van der Waals surface area contributed by atoms with Gasteiger partial charge in [-0.1, -0.05) is 36.6 Å². The summed E-state index contributed by atoms with van der Waals surface area (Å²) >= 11 is 7.79. The van der Waals surface area contributed by atoms with E-state index in [0.717, 1.165) is 30.6 Å². The minimum absolute atomic E-state index is 0.0318. The molecule has 0 spiro atoms. The number of carbonyl (C=O) groups is 1. The second-order valence-electron chi connectivity index (χ2n) is 5.96. The first-order valence-electron chi connectivity index (χ1n) is 8.02. The van der Waals surface area contributed by atoms with Crippen LogP contribution in [-0.2, 0) is 0 Å². The van der Waals surface area contributed by atoms with E-state index in [0.29, 0.717) is 5.02 Å². The number of hydrogen-bond acceptors (Lipinski definition) is 2. The Hall–Kier alpha value is -1.52. The fraction of sp³-hybridized carbons (Fsp3) is 0.389. The lowest BCUT2D eigenvalue weighted by Crippen LogP contribution is -2.37. The highest BCUT2D eigenvalue weighted by Gasteiger charge is 2.27. The molecule has 23 heavy (non-hydrogen) atoms. The lowest BCUT2D eigenvalue weighted by molar-refractivity contribution is 0.190. The number of nitrogens with one attached hydrogen (secondary N) is 1. The van der Waals surface area contributed by atoms with Gasteiger partial charge in [0.2, 0.25) is 0 Å². The number of thiophene rings is 1. The minimum Gasteiger partial charge on any atom is -0.317 e. The van der Waals surface area contributed by atoms with Gasteiger partial charge in [0.15, 0.2) is 0 Å². The summed E-state index contributed by atoms with van der Waals surface area (Å²) in [6, 6.07) is 9.91. The first kappa shape index (κ1) is 16.3. The van der Waals surface area contributed by atoms with E-state index >= 15 is 0 Å². The van der Waals surface area contributed by atoms with Crippen molar-refractivity contribution in [3.05, 3.63) is 51.2 Å². The predicted octanol–water partition coefficient (Wildman–Crippen LogP) is 5.86. The summed E-state index contributed by atoms with van der Waals surface area (Å²) in [4.78, 5) is 16.1. The molecule has 1 aliphatic rings. The van der Waals surface area contributed by atoms with Crippen molar-refractivity contribution in [3.8, 4) is 0 Å². The van der Waals surface area contributed by atoms with Gasteiger partial charge in [0.05, 0.1) is 6.04 Å². The number of rotatable bonds is 2. The molecule has 1 atom stereocenters. The van der Waals surface area contributed by atoms with Crippen molar-refractivity contribution in [1.29, 1.82) is 0 Å². The molecule has 2 aromatic rings. The molecule has 1 aliphatic heterocycles. The van der Waals surface area contributed by atoms with Gasteiger partial charge in [-0.2, -0.15) is 0 Å². The molecule has 3 rings (SSSR count). The SMILES string of the molecule is Cc1ccc(Cl)cc1NC(=O)N1CCCCC[C@@H]1c1cccs1. The third-order valence-electron chi connectivity index (χ3n) is 4.33. The van der Waals surface area contributed by atoms with Crippen LogP contribution in [0.15, 0.2) is 35.7 Å². The normalized spacial score (nSPS) is 18.5. The van der Waals surface area contributed by atoms with Crippen LogP contribution in [0.5, 0.6) is 0 Å². The topological polar surface area (TPSA) is 32.3 Å². The molecule has 1 saturated heterocycles. The number of likely N-dealkylation sites (tertiary alicyclic amines) is 1. The van der Waals surface area contributed by atoms with Crippen molar-refractivity contribution in [1.82, 2.24) is 4.90 Å². The van der Waals surface area contributed by atoms with Crippen LogP contribution in [0.1, 0.15) is 42.2 Å². The van der Waals surface area contributed by atoms with Gasteiger partial charge >= 0.3 is 6.03 Å². The summed E-state index contributed by atoms with van der Waals surface area (Å²) in [5.74, 6) is 0. The van der Waals surface area contributed by atoms with Gasteiger partial charge in [0, 0.05) is 22.1 Å². The Bertz CT molecular complexity index is 672. The van der Waals surface area contributed by atoms with Gasteiger partial charge in [-0.25, -0.2) is 4.79 Å².